The van der Waals surface area contributed by atoms with Crippen LogP contribution in [0, 0.1) is 0 Å². The molecule has 6 heteroatoms. The summed E-state index contributed by atoms with van der Waals surface area (Å²) in [5.74, 6) is -2.28. The van der Waals surface area contributed by atoms with Crippen LogP contribution in [0.1, 0.15) is 38.9 Å². The van der Waals surface area contributed by atoms with Crippen molar-refractivity contribution < 1.29 is 23.8 Å². The van der Waals surface area contributed by atoms with Gasteiger partial charge in [-0.2, -0.15) is 0 Å². The second kappa shape index (κ2) is 5.88. The highest BCUT2D eigenvalue weighted by atomic mass is 16.6. The number of carboxylic acid groups (broad SMARTS) is 1. The van der Waals surface area contributed by atoms with E-state index in [9.17, 15) is 9.59 Å². The number of hydrogen-bond acceptors (Lipinski definition) is 5. The normalized spacial score (nSPS) is 14.7. The number of carbonyl (C=O) groups excluding carboxylic acids is 1. The lowest BCUT2D eigenvalue weighted by Gasteiger charge is -2.25. The summed E-state index contributed by atoms with van der Waals surface area (Å²) in [7, 11) is 0. The standard InChI is InChI=1S/C13H19NO5/c1-13(2,3)19-12(17)11(8(14)7-10(15)16)9-5-4-6-18-9/h4-6,8,11H,7,14H2,1-3H3,(H,15,16)/t8-,11?/m0/s1. The number of nitrogens with two attached hydrogens (primary N) is 1. The van der Waals surface area contributed by atoms with Gasteiger partial charge < -0.3 is 20.0 Å². The van der Waals surface area contributed by atoms with Crippen molar-refractivity contribution in [3.05, 3.63) is 24.2 Å². The molecule has 0 aliphatic heterocycles. The van der Waals surface area contributed by atoms with Crippen molar-refractivity contribution in [1.29, 1.82) is 0 Å². The third-order valence-electron chi connectivity index (χ3n) is 2.35. The van der Waals surface area contributed by atoms with E-state index in [1.54, 1.807) is 32.9 Å². The zero-order chi connectivity index (χ0) is 14.6. The van der Waals surface area contributed by atoms with Gasteiger partial charge in [-0.1, -0.05) is 0 Å². The van der Waals surface area contributed by atoms with E-state index in [2.05, 4.69) is 0 Å². The van der Waals surface area contributed by atoms with Crippen LogP contribution in [0.15, 0.2) is 22.8 Å². The van der Waals surface area contributed by atoms with E-state index < -0.39 is 29.5 Å². The highest BCUT2D eigenvalue weighted by molar-refractivity contribution is 5.80. The molecule has 3 N–H and O–H groups in total. The van der Waals surface area contributed by atoms with Crippen molar-refractivity contribution in [3.8, 4) is 0 Å². The zero-order valence-corrected chi connectivity index (χ0v) is 11.3. The van der Waals surface area contributed by atoms with Gasteiger partial charge >= 0.3 is 11.9 Å². The second-order valence-corrected chi connectivity index (χ2v) is 5.29. The Bertz CT molecular complexity index is 432. The highest BCUT2D eigenvalue weighted by Gasteiger charge is 2.34. The van der Waals surface area contributed by atoms with Gasteiger partial charge in [0.2, 0.25) is 0 Å². The van der Waals surface area contributed by atoms with E-state index >= 15 is 0 Å². The van der Waals surface area contributed by atoms with Crippen LogP contribution in [0.5, 0.6) is 0 Å². The summed E-state index contributed by atoms with van der Waals surface area (Å²) in [4.78, 5) is 22.9. The van der Waals surface area contributed by atoms with Gasteiger partial charge in [-0.3, -0.25) is 9.59 Å². The molecule has 0 amide bonds. The number of carbonyl (C=O) groups is 2. The molecule has 0 saturated heterocycles. The van der Waals surface area contributed by atoms with E-state index in [-0.39, 0.29) is 6.42 Å². The maximum absolute atomic E-state index is 12.1. The van der Waals surface area contributed by atoms with E-state index in [0.717, 1.165) is 0 Å². The number of ether oxygens (including phenoxy) is 1. The molecule has 1 unspecified atom stereocenters. The molecular weight excluding hydrogens is 250 g/mol. The van der Waals surface area contributed by atoms with Crippen LogP contribution in [-0.2, 0) is 14.3 Å². The molecule has 0 saturated carbocycles. The summed E-state index contributed by atoms with van der Waals surface area (Å²) in [6.45, 7) is 5.19. The average Bonchev–Trinajstić information content (AvgIpc) is 2.66. The Morgan fingerprint density at radius 3 is 2.53 bits per heavy atom. The summed E-state index contributed by atoms with van der Waals surface area (Å²) in [5, 5.41) is 8.78. The van der Waals surface area contributed by atoms with Gasteiger partial charge in [0.1, 0.15) is 17.3 Å². The van der Waals surface area contributed by atoms with E-state index in [1.165, 1.54) is 6.26 Å². The molecule has 19 heavy (non-hydrogen) atoms. The number of hydrogen-bond donors (Lipinski definition) is 2. The van der Waals surface area contributed by atoms with Crippen LogP contribution in [-0.4, -0.2) is 28.7 Å². The van der Waals surface area contributed by atoms with Crippen LogP contribution >= 0.6 is 0 Å². The number of carboxylic acids is 1. The Balaban J connectivity index is 2.93. The topological polar surface area (TPSA) is 103 Å². The Morgan fingerprint density at radius 2 is 2.11 bits per heavy atom. The third kappa shape index (κ3) is 4.75. The SMILES string of the molecule is CC(C)(C)OC(=O)C(c1ccco1)[C@@H](N)CC(=O)O. The molecule has 0 aromatic carbocycles. The largest absolute Gasteiger partial charge is 0.481 e. The minimum Gasteiger partial charge on any atom is -0.481 e. The molecule has 0 fully saturated rings. The lowest BCUT2D eigenvalue weighted by atomic mass is 9.95. The Kier molecular flexibility index (Phi) is 4.72. The molecule has 0 aliphatic rings. The van der Waals surface area contributed by atoms with Gasteiger partial charge in [0.05, 0.1) is 12.7 Å². The Hall–Kier alpha value is -1.82. The van der Waals surface area contributed by atoms with Crippen LogP contribution in [0.2, 0.25) is 0 Å². The minimum absolute atomic E-state index is 0.308. The number of rotatable bonds is 5. The van der Waals surface area contributed by atoms with Crippen molar-refractivity contribution in [2.24, 2.45) is 5.73 Å². The van der Waals surface area contributed by atoms with Crippen molar-refractivity contribution in [2.75, 3.05) is 0 Å². The molecule has 2 atom stereocenters. The predicted octanol–water partition coefficient (Wildman–Crippen LogP) is 1.51. The smallest absolute Gasteiger partial charge is 0.318 e. The molecule has 106 valence electrons. The monoisotopic (exact) mass is 269 g/mol. The van der Waals surface area contributed by atoms with E-state index in [1.807, 2.05) is 0 Å². The van der Waals surface area contributed by atoms with Gasteiger partial charge in [-0.05, 0) is 32.9 Å². The molecule has 6 nitrogen and oxygen atoms in total. The van der Waals surface area contributed by atoms with Gasteiger partial charge in [0, 0.05) is 6.04 Å². The first-order valence-corrected chi connectivity index (χ1v) is 5.94. The summed E-state index contributed by atoms with van der Waals surface area (Å²) in [5.41, 5.74) is 5.11. The third-order valence-corrected chi connectivity index (χ3v) is 2.35. The summed E-state index contributed by atoms with van der Waals surface area (Å²) in [6, 6.07) is 2.29. The molecule has 1 rings (SSSR count). The molecule has 1 heterocycles. The van der Waals surface area contributed by atoms with Crippen LogP contribution < -0.4 is 5.73 Å². The van der Waals surface area contributed by atoms with Crippen molar-refractivity contribution in [3.63, 3.8) is 0 Å². The Morgan fingerprint density at radius 1 is 1.47 bits per heavy atom. The number of furan rings is 1. The van der Waals surface area contributed by atoms with Crippen molar-refractivity contribution in [2.45, 2.75) is 44.8 Å². The van der Waals surface area contributed by atoms with Gasteiger partial charge in [-0.15, -0.1) is 0 Å². The average molecular weight is 269 g/mol. The van der Waals surface area contributed by atoms with Crippen LogP contribution in [0.4, 0.5) is 0 Å². The Labute approximate surface area is 111 Å². The lowest BCUT2D eigenvalue weighted by molar-refractivity contribution is -0.158. The fraction of sp³-hybridized carbons (Fsp3) is 0.538. The molecule has 0 radical (unpaired) electrons. The lowest BCUT2D eigenvalue weighted by Crippen LogP contribution is -2.39. The fourth-order valence-corrected chi connectivity index (χ4v) is 1.65. The van der Waals surface area contributed by atoms with Crippen molar-refractivity contribution in [1.82, 2.24) is 0 Å². The van der Waals surface area contributed by atoms with E-state index in [4.69, 9.17) is 20.0 Å². The fourth-order valence-electron chi connectivity index (χ4n) is 1.65. The predicted molar refractivity (Wildman–Crippen MR) is 67.5 cm³/mol. The van der Waals surface area contributed by atoms with Crippen LogP contribution in [0.25, 0.3) is 0 Å². The maximum Gasteiger partial charge on any atom is 0.318 e. The molecule has 0 bridgehead atoms. The first kappa shape index (κ1) is 15.2. The highest BCUT2D eigenvalue weighted by Crippen LogP contribution is 2.25. The van der Waals surface area contributed by atoms with Crippen molar-refractivity contribution >= 4 is 11.9 Å². The van der Waals surface area contributed by atoms with Gasteiger partial charge in [-0.25, -0.2) is 0 Å². The zero-order valence-electron chi connectivity index (χ0n) is 11.3. The molecular formula is C13H19NO5. The quantitative estimate of drug-likeness (QED) is 0.785. The first-order chi connectivity index (χ1) is 8.70. The number of esters is 1. The molecule has 1 aromatic heterocycles. The minimum atomic E-state index is -1.08. The maximum atomic E-state index is 12.1. The van der Waals surface area contributed by atoms with Crippen LogP contribution in [0.3, 0.4) is 0 Å². The number of aliphatic carboxylic acids is 1. The molecule has 0 spiro atoms. The van der Waals surface area contributed by atoms with Gasteiger partial charge in [0.25, 0.3) is 0 Å². The molecule has 0 aliphatic carbocycles. The van der Waals surface area contributed by atoms with E-state index in [0.29, 0.717) is 5.76 Å². The first-order valence-electron chi connectivity index (χ1n) is 5.94. The summed E-state index contributed by atoms with van der Waals surface area (Å²) >= 11 is 0. The molecule has 1 aromatic rings. The summed E-state index contributed by atoms with van der Waals surface area (Å²) < 4.78 is 10.4. The second-order valence-electron chi connectivity index (χ2n) is 5.29. The summed E-state index contributed by atoms with van der Waals surface area (Å²) in [6.07, 6.45) is 1.06. The van der Waals surface area contributed by atoms with Gasteiger partial charge in [0.15, 0.2) is 0 Å².